The highest BCUT2D eigenvalue weighted by atomic mass is 19.1. The van der Waals surface area contributed by atoms with Crippen molar-refractivity contribution in [3.8, 4) is 0 Å². The van der Waals surface area contributed by atoms with Crippen LogP contribution in [0.25, 0.3) is 0 Å². The maximum Gasteiger partial charge on any atom is 0.276 e. The number of nitrogens with one attached hydrogen (secondary N) is 1. The molecular formula is C16H18FN3O2. The zero-order valence-corrected chi connectivity index (χ0v) is 12.6. The molecule has 0 radical (unpaired) electrons. The number of amides is 1. The second-order valence-corrected chi connectivity index (χ2v) is 5.05. The van der Waals surface area contributed by atoms with Crippen LogP contribution in [0.3, 0.4) is 0 Å². The molecule has 6 heteroatoms. The third-order valence-electron chi connectivity index (χ3n) is 3.26. The predicted octanol–water partition coefficient (Wildman–Crippen LogP) is 2.74. The van der Waals surface area contributed by atoms with Gasteiger partial charge in [-0.2, -0.15) is 5.10 Å². The maximum absolute atomic E-state index is 13.1. The molecule has 0 bridgehead atoms. The summed E-state index contributed by atoms with van der Waals surface area (Å²) in [6, 6.07) is 6.83. The van der Waals surface area contributed by atoms with E-state index in [-0.39, 0.29) is 17.1 Å². The molecule has 1 N–H and O–H groups in total. The van der Waals surface area contributed by atoms with Crippen LogP contribution in [0.2, 0.25) is 0 Å². The first kappa shape index (κ1) is 15.9. The molecule has 2 aromatic rings. The Balaban J connectivity index is 2.20. The van der Waals surface area contributed by atoms with Crippen LogP contribution in [0.15, 0.2) is 35.1 Å². The number of carbonyl (C=O) groups excluding carboxylic acids is 1. The molecule has 0 saturated carbocycles. The van der Waals surface area contributed by atoms with Crippen LogP contribution in [0.4, 0.5) is 10.1 Å². The summed E-state index contributed by atoms with van der Waals surface area (Å²) in [4.78, 5) is 23.9. The average molecular weight is 303 g/mol. The fraction of sp³-hybridized carbons (Fsp3) is 0.312. The van der Waals surface area contributed by atoms with Gasteiger partial charge in [-0.25, -0.2) is 9.07 Å². The highest BCUT2D eigenvalue weighted by molar-refractivity contribution is 6.03. The predicted molar refractivity (Wildman–Crippen MR) is 82.5 cm³/mol. The molecule has 1 aromatic heterocycles. The molecule has 116 valence electrons. The van der Waals surface area contributed by atoms with E-state index in [1.54, 1.807) is 6.92 Å². The number of aryl methyl sites for hydroxylation is 2. The Kier molecular flexibility index (Phi) is 5.04. The second kappa shape index (κ2) is 6.98. The summed E-state index contributed by atoms with van der Waals surface area (Å²) in [7, 11) is 0. The van der Waals surface area contributed by atoms with Crippen molar-refractivity contribution >= 4 is 11.6 Å². The summed E-state index contributed by atoms with van der Waals surface area (Å²) in [6.45, 7) is 4.19. The number of halogens is 1. The fourth-order valence-electron chi connectivity index (χ4n) is 1.99. The standard InChI is InChI=1S/C16H18FN3O2/c1-3-4-9-20-15(21)8-7-14(19-20)16(22)18-13-6-5-12(17)10-11(13)2/h5-8,10H,3-4,9H2,1-2H3,(H,18,22). The number of benzene rings is 1. The number of anilines is 1. The van der Waals surface area contributed by atoms with Gasteiger partial charge in [0.2, 0.25) is 0 Å². The van der Waals surface area contributed by atoms with Gasteiger partial charge in [0, 0.05) is 18.3 Å². The molecule has 0 aliphatic carbocycles. The topological polar surface area (TPSA) is 64.0 Å². The van der Waals surface area contributed by atoms with E-state index >= 15 is 0 Å². The lowest BCUT2D eigenvalue weighted by molar-refractivity contribution is 0.101. The summed E-state index contributed by atoms with van der Waals surface area (Å²) in [5, 5.41) is 6.74. The molecule has 1 amide bonds. The van der Waals surface area contributed by atoms with Gasteiger partial charge in [-0.1, -0.05) is 13.3 Å². The van der Waals surface area contributed by atoms with E-state index in [1.807, 2.05) is 6.92 Å². The molecule has 5 nitrogen and oxygen atoms in total. The number of hydrogen-bond acceptors (Lipinski definition) is 3. The van der Waals surface area contributed by atoms with E-state index in [0.29, 0.717) is 17.8 Å². The largest absolute Gasteiger partial charge is 0.320 e. The zero-order chi connectivity index (χ0) is 16.1. The van der Waals surface area contributed by atoms with E-state index < -0.39 is 5.91 Å². The zero-order valence-electron chi connectivity index (χ0n) is 12.6. The Morgan fingerprint density at radius 2 is 2.09 bits per heavy atom. The first-order chi connectivity index (χ1) is 10.5. The second-order valence-electron chi connectivity index (χ2n) is 5.05. The summed E-state index contributed by atoms with van der Waals surface area (Å²) in [5.74, 6) is -0.790. The summed E-state index contributed by atoms with van der Waals surface area (Å²) in [6.07, 6.45) is 1.74. The summed E-state index contributed by atoms with van der Waals surface area (Å²) in [5.41, 5.74) is 1.05. The Hall–Kier alpha value is -2.50. The highest BCUT2D eigenvalue weighted by Gasteiger charge is 2.11. The van der Waals surface area contributed by atoms with E-state index in [9.17, 15) is 14.0 Å². The smallest absolute Gasteiger partial charge is 0.276 e. The molecule has 0 unspecified atom stereocenters. The van der Waals surface area contributed by atoms with Crippen molar-refractivity contribution in [1.29, 1.82) is 0 Å². The Labute approximate surface area is 127 Å². The van der Waals surface area contributed by atoms with Crippen molar-refractivity contribution in [3.63, 3.8) is 0 Å². The van der Waals surface area contributed by atoms with E-state index in [4.69, 9.17) is 0 Å². The number of nitrogens with zero attached hydrogens (tertiary/aromatic N) is 2. The van der Waals surface area contributed by atoms with Crippen LogP contribution in [-0.2, 0) is 6.54 Å². The Morgan fingerprint density at radius 3 is 2.77 bits per heavy atom. The van der Waals surface area contributed by atoms with Crippen molar-refractivity contribution < 1.29 is 9.18 Å². The van der Waals surface area contributed by atoms with Crippen molar-refractivity contribution in [3.05, 3.63) is 57.8 Å². The van der Waals surface area contributed by atoms with Crippen LogP contribution in [0, 0.1) is 12.7 Å². The van der Waals surface area contributed by atoms with E-state index in [2.05, 4.69) is 10.4 Å². The minimum absolute atomic E-state index is 0.152. The summed E-state index contributed by atoms with van der Waals surface area (Å²) < 4.78 is 14.3. The van der Waals surface area contributed by atoms with Crippen LogP contribution < -0.4 is 10.9 Å². The van der Waals surface area contributed by atoms with Crippen molar-refractivity contribution in [2.45, 2.75) is 33.2 Å². The molecule has 2 rings (SSSR count). The van der Waals surface area contributed by atoms with Crippen LogP contribution in [-0.4, -0.2) is 15.7 Å². The van der Waals surface area contributed by atoms with E-state index in [1.165, 1.54) is 35.0 Å². The molecule has 0 aliphatic heterocycles. The molecule has 1 aromatic carbocycles. The first-order valence-electron chi connectivity index (χ1n) is 7.17. The molecule has 0 aliphatic rings. The lowest BCUT2D eigenvalue weighted by atomic mass is 10.2. The van der Waals surface area contributed by atoms with Gasteiger partial charge in [0.25, 0.3) is 11.5 Å². The fourth-order valence-corrected chi connectivity index (χ4v) is 1.99. The van der Waals surface area contributed by atoms with Crippen LogP contribution >= 0.6 is 0 Å². The minimum Gasteiger partial charge on any atom is -0.320 e. The molecule has 0 spiro atoms. The van der Waals surface area contributed by atoms with Gasteiger partial charge in [-0.05, 0) is 43.2 Å². The summed E-state index contributed by atoms with van der Waals surface area (Å²) >= 11 is 0. The number of rotatable bonds is 5. The third-order valence-corrected chi connectivity index (χ3v) is 3.26. The number of hydrogen-bond donors (Lipinski definition) is 1. The SMILES string of the molecule is CCCCn1nc(C(=O)Nc2ccc(F)cc2C)ccc1=O. The number of unbranched alkanes of at least 4 members (excludes halogenated alkanes) is 1. The molecule has 0 atom stereocenters. The van der Waals surface area contributed by atoms with Gasteiger partial charge in [-0.3, -0.25) is 9.59 Å². The minimum atomic E-state index is -0.431. The lowest BCUT2D eigenvalue weighted by Crippen LogP contribution is -2.26. The van der Waals surface area contributed by atoms with Crippen LogP contribution in [0.1, 0.15) is 35.8 Å². The Morgan fingerprint density at radius 1 is 1.32 bits per heavy atom. The van der Waals surface area contributed by atoms with Gasteiger partial charge >= 0.3 is 0 Å². The highest BCUT2D eigenvalue weighted by Crippen LogP contribution is 2.16. The van der Waals surface area contributed by atoms with Gasteiger partial charge in [0.15, 0.2) is 0 Å². The molecule has 1 heterocycles. The van der Waals surface area contributed by atoms with Gasteiger partial charge < -0.3 is 5.32 Å². The molecular weight excluding hydrogens is 285 g/mol. The van der Waals surface area contributed by atoms with E-state index in [0.717, 1.165) is 12.8 Å². The van der Waals surface area contributed by atoms with Crippen molar-refractivity contribution in [2.24, 2.45) is 0 Å². The average Bonchev–Trinajstić information content (AvgIpc) is 2.49. The quantitative estimate of drug-likeness (QED) is 0.923. The van der Waals surface area contributed by atoms with Gasteiger partial charge in [0.1, 0.15) is 11.5 Å². The van der Waals surface area contributed by atoms with Gasteiger partial charge in [-0.15, -0.1) is 0 Å². The Bertz CT molecular complexity index is 740. The van der Waals surface area contributed by atoms with Crippen LogP contribution in [0.5, 0.6) is 0 Å². The lowest BCUT2D eigenvalue weighted by Gasteiger charge is -2.09. The van der Waals surface area contributed by atoms with Crippen molar-refractivity contribution in [2.75, 3.05) is 5.32 Å². The molecule has 22 heavy (non-hydrogen) atoms. The number of carbonyl (C=O) groups is 1. The maximum atomic E-state index is 13.1. The normalized spacial score (nSPS) is 10.5. The molecule has 0 saturated heterocycles. The van der Waals surface area contributed by atoms with Gasteiger partial charge in [0.05, 0.1) is 0 Å². The molecule has 0 fully saturated rings. The van der Waals surface area contributed by atoms with Crippen molar-refractivity contribution in [1.82, 2.24) is 9.78 Å². The number of aromatic nitrogens is 2. The third kappa shape index (κ3) is 3.78. The first-order valence-corrected chi connectivity index (χ1v) is 7.17. The monoisotopic (exact) mass is 303 g/mol.